The highest BCUT2D eigenvalue weighted by Crippen LogP contribution is 2.48. The van der Waals surface area contributed by atoms with Crippen molar-refractivity contribution in [3.05, 3.63) is 0 Å². The molecule has 0 radical (unpaired) electrons. The van der Waals surface area contributed by atoms with E-state index >= 15 is 0 Å². The second kappa shape index (κ2) is 40.4. The molecule has 1 saturated carbocycles. The van der Waals surface area contributed by atoms with E-state index in [1.54, 1.807) is 0 Å². The molecule has 1 aliphatic carbocycles. The van der Waals surface area contributed by atoms with Gasteiger partial charge in [-0.25, -0.2) is 4.57 Å². The van der Waals surface area contributed by atoms with Crippen LogP contribution < -0.4 is 5.32 Å². The van der Waals surface area contributed by atoms with E-state index in [1.807, 2.05) is 6.92 Å². The van der Waals surface area contributed by atoms with Gasteiger partial charge >= 0.3 is 19.8 Å². The number of carbonyl (C=O) groups excluding carboxylic acids is 3. The molecule has 1 saturated heterocycles. The van der Waals surface area contributed by atoms with Crippen LogP contribution in [-0.2, 0) is 46.9 Å². The third-order valence-corrected chi connectivity index (χ3v) is 14.9. The van der Waals surface area contributed by atoms with Crippen LogP contribution in [0.3, 0.4) is 0 Å². The van der Waals surface area contributed by atoms with Crippen molar-refractivity contribution in [1.29, 1.82) is 0 Å². The number of esters is 2. The van der Waals surface area contributed by atoms with E-state index < -0.39 is 119 Å². The van der Waals surface area contributed by atoms with Crippen molar-refractivity contribution in [2.24, 2.45) is 0 Å². The fraction of sp³-hybridized carbons (Fsp3) is 0.943. The molecule has 1 unspecified atom stereocenters. The standard InChI is InChI=1S/C53H100NO18P/c1-4-7-10-12-14-16-18-20-22-24-26-28-31-34-42(57)67-37-39(69-43(58)35-32-29-27-25-23-21-19-17-15-13-11-8-5-2)38-68-73(65,66)72-52-50(64)48(62)47(61)49(63)51(52)71-53-44(54-41(56)33-30-9-6-3)46(60)45(59)40(36-55)70-53/h39-40,44-53,55,59-64H,4-38H2,1-3H3,(H,54,56)(H,65,66)/t39-,40-,44-,45-,46-,47-,48-,49+,50-,51-,52-,53-/m1/s1. The van der Waals surface area contributed by atoms with Gasteiger partial charge in [0.1, 0.15) is 67.6 Å². The average molecular weight is 1070 g/mol. The van der Waals surface area contributed by atoms with Crippen molar-refractivity contribution < 1.29 is 87.6 Å². The van der Waals surface area contributed by atoms with E-state index in [-0.39, 0.29) is 19.3 Å². The Morgan fingerprint density at radius 2 is 0.932 bits per heavy atom. The van der Waals surface area contributed by atoms with Gasteiger partial charge in [-0.1, -0.05) is 188 Å². The second-order valence-corrected chi connectivity index (χ2v) is 21.8. The number of carbonyl (C=O) groups is 3. The normalized spacial score (nSPS) is 26.5. The molecule has 0 aromatic carbocycles. The first-order valence-electron chi connectivity index (χ1n) is 28.4. The molecule has 0 bridgehead atoms. The van der Waals surface area contributed by atoms with Gasteiger partial charge in [-0.2, -0.15) is 0 Å². The number of hydrogen-bond acceptors (Lipinski definition) is 17. The van der Waals surface area contributed by atoms with Crippen LogP contribution >= 0.6 is 7.82 Å². The molecule has 0 aromatic rings. The molecule has 0 spiro atoms. The van der Waals surface area contributed by atoms with E-state index in [0.717, 1.165) is 57.8 Å². The molecule has 73 heavy (non-hydrogen) atoms. The maximum Gasteiger partial charge on any atom is 0.472 e. The van der Waals surface area contributed by atoms with Crippen LogP contribution in [0.1, 0.15) is 226 Å². The number of hydrogen-bond donors (Lipinski definition) is 9. The fourth-order valence-corrected chi connectivity index (χ4v) is 10.3. The Balaban J connectivity index is 2.07. The van der Waals surface area contributed by atoms with Crippen LogP contribution in [0.5, 0.6) is 0 Å². The molecule has 2 aliphatic rings. The lowest BCUT2D eigenvalue weighted by molar-refractivity contribution is -0.317. The number of unbranched alkanes of at least 4 members (excludes halogenated alkanes) is 26. The van der Waals surface area contributed by atoms with Crippen LogP contribution in [0.2, 0.25) is 0 Å². The molecule has 13 atom stereocenters. The number of ether oxygens (including phenoxy) is 4. The zero-order valence-corrected chi connectivity index (χ0v) is 45.7. The fourth-order valence-electron chi connectivity index (χ4n) is 9.32. The summed E-state index contributed by atoms with van der Waals surface area (Å²) < 4.78 is 46.8. The zero-order chi connectivity index (χ0) is 53.9. The van der Waals surface area contributed by atoms with E-state index in [4.69, 9.17) is 28.0 Å². The van der Waals surface area contributed by atoms with Gasteiger partial charge in [0.15, 0.2) is 12.4 Å². The van der Waals surface area contributed by atoms with E-state index in [9.17, 15) is 59.6 Å². The molecule has 2 rings (SSSR count). The highest BCUT2D eigenvalue weighted by Gasteiger charge is 2.55. The summed E-state index contributed by atoms with van der Waals surface area (Å²) in [6.07, 6.45) is 10.3. The van der Waals surface area contributed by atoms with Crippen LogP contribution in [-0.4, -0.2) is 152 Å². The summed E-state index contributed by atoms with van der Waals surface area (Å²) in [5.41, 5.74) is 0. The molecule has 1 amide bonds. The van der Waals surface area contributed by atoms with Crippen LogP contribution in [0, 0.1) is 0 Å². The highest BCUT2D eigenvalue weighted by atomic mass is 31.2. The van der Waals surface area contributed by atoms with Crippen molar-refractivity contribution in [1.82, 2.24) is 5.32 Å². The van der Waals surface area contributed by atoms with Crippen LogP contribution in [0.4, 0.5) is 0 Å². The predicted molar refractivity (Wildman–Crippen MR) is 275 cm³/mol. The highest BCUT2D eigenvalue weighted by molar-refractivity contribution is 7.47. The Bertz CT molecular complexity index is 1480. The Labute approximate surface area is 436 Å². The molecule has 1 aliphatic heterocycles. The van der Waals surface area contributed by atoms with Gasteiger partial charge in [0, 0.05) is 19.3 Å². The van der Waals surface area contributed by atoms with Crippen LogP contribution in [0.25, 0.3) is 0 Å². The van der Waals surface area contributed by atoms with Crippen molar-refractivity contribution in [3.8, 4) is 0 Å². The summed E-state index contributed by atoms with van der Waals surface area (Å²) in [6.45, 7) is 4.16. The Morgan fingerprint density at radius 1 is 0.521 bits per heavy atom. The summed E-state index contributed by atoms with van der Waals surface area (Å²) in [4.78, 5) is 49.8. The monoisotopic (exact) mass is 1070 g/mol. The lowest BCUT2D eigenvalue weighted by Crippen LogP contribution is -2.69. The number of rotatable bonds is 44. The zero-order valence-electron chi connectivity index (χ0n) is 44.8. The SMILES string of the molecule is CCCCCCCCCCCCCCCC(=O)OC[C@H](COP(=O)(O)O[C@@H]1[C@H](O)[C@H](O)[C@@H](O)[C@H](O)[C@H]1O[C@H]1O[C@H](CO)[C@@H](O)[C@H](O)[C@H]1NC(=O)CCCCC)OC(=O)CCCCCCCCCCCCCCC. The van der Waals surface area contributed by atoms with Gasteiger partial charge in [0.25, 0.3) is 0 Å². The number of nitrogens with one attached hydrogen (secondary N) is 1. The molecule has 19 nitrogen and oxygen atoms in total. The van der Waals surface area contributed by atoms with Gasteiger partial charge in [-0.15, -0.1) is 0 Å². The third-order valence-electron chi connectivity index (χ3n) is 13.9. The van der Waals surface area contributed by atoms with Crippen molar-refractivity contribution in [2.45, 2.75) is 300 Å². The summed E-state index contributed by atoms with van der Waals surface area (Å²) in [5, 5.41) is 77.5. The van der Waals surface area contributed by atoms with Gasteiger partial charge in [-0.3, -0.25) is 23.4 Å². The first-order valence-corrected chi connectivity index (χ1v) is 29.9. The third kappa shape index (κ3) is 28.4. The minimum atomic E-state index is -5.41. The number of phosphoric ester groups is 1. The first kappa shape index (κ1) is 67.3. The number of aliphatic hydroxyl groups is 7. The van der Waals surface area contributed by atoms with Gasteiger partial charge in [0.2, 0.25) is 5.91 Å². The minimum absolute atomic E-state index is 0.0180. The summed E-state index contributed by atoms with van der Waals surface area (Å²) in [7, 11) is -5.41. The summed E-state index contributed by atoms with van der Waals surface area (Å²) >= 11 is 0. The van der Waals surface area contributed by atoms with E-state index in [0.29, 0.717) is 25.7 Å². The Morgan fingerprint density at radius 3 is 1.40 bits per heavy atom. The first-order chi connectivity index (χ1) is 35.1. The van der Waals surface area contributed by atoms with E-state index in [2.05, 4.69) is 19.2 Å². The number of amides is 1. The lowest BCUT2D eigenvalue weighted by Gasteiger charge is -2.48. The summed E-state index contributed by atoms with van der Waals surface area (Å²) in [5.74, 6) is -1.78. The topological polar surface area (TPSA) is 298 Å². The van der Waals surface area contributed by atoms with Crippen LogP contribution in [0.15, 0.2) is 0 Å². The van der Waals surface area contributed by atoms with Crippen molar-refractivity contribution in [2.75, 3.05) is 19.8 Å². The smallest absolute Gasteiger partial charge is 0.462 e. The number of phosphoric acid groups is 1. The molecule has 1 heterocycles. The molecule has 430 valence electrons. The van der Waals surface area contributed by atoms with Gasteiger partial charge in [-0.05, 0) is 19.3 Å². The molecule has 20 heteroatoms. The minimum Gasteiger partial charge on any atom is -0.462 e. The van der Waals surface area contributed by atoms with Gasteiger partial charge in [0.05, 0.1) is 13.2 Å². The molecule has 9 N–H and O–H groups in total. The maximum absolute atomic E-state index is 13.7. The average Bonchev–Trinajstić information content (AvgIpc) is 3.36. The molecular weight excluding hydrogens is 970 g/mol. The van der Waals surface area contributed by atoms with Crippen molar-refractivity contribution >= 4 is 25.7 Å². The predicted octanol–water partition coefficient (Wildman–Crippen LogP) is 7.25. The molecule has 0 aromatic heterocycles. The Hall–Kier alpha value is -1.84. The largest absolute Gasteiger partial charge is 0.472 e. The maximum atomic E-state index is 13.7. The Kier molecular flexibility index (Phi) is 37.2. The lowest BCUT2D eigenvalue weighted by atomic mass is 9.84. The molecular formula is C53H100NO18P. The van der Waals surface area contributed by atoms with Gasteiger partial charge < -0.3 is 64.9 Å². The summed E-state index contributed by atoms with van der Waals surface area (Å²) in [6, 6.07) is -1.57. The molecule has 2 fully saturated rings. The number of aliphatic hydroxyl groups excluding tert-OH is 7. The van der Waals surface area contributed by atoms with E-state index in [1.165, 1.54) is 103 Å². The second-order valence-electron chi connectivity index (χ2n) is 20.4. The van der Waals surface area contributed by atoms with Crippen molar-refractivity contribution in [3.63, 3.8) is 0 Å². The quantitative estimate of drug-likeness (QED) is 0.0165.